The summed E-state index contributed by atoms with van der Waals surface area (Å²) in [4.78, 5) is 0. The topological polar surface area (TPSA) is 29.3 Å². The Morgan fingerprint density at radius 3 is 3.00 bits per heavy atom. The highest BCUT2D eigenvalue weighted by Gasteiger charge is 2.05. The summed E-state index contributed by atoms with van der Waals surface area (Å²) >= 11 is 0. The summed E-state index contributed by atoms with van der Waals surface area (Å²) in [6.07, 6.45) is 1.96. The zero-order valence-corrected chi connectivity index (χ0v) is 7.91. The Bertz CT molecular complexity index is 417. The van der Waals surface area contributed by atoms with Crippen molar-refractivity contribution in [3.05, 3.63) is 30.0 Å². The molecule has 0 saturated carbocycles. The number of nitrogens with one attached hydrogen (secondary N) is 1. The molecule has 0 aliphatic heterocycles. The highest BCUT2D eigenvalue weighted by Crippen LogP contribution is 2.17. The number of hydrogen-bond acceptors (Lipinski definition) is 2. The molecular weight excluding hydrogens is 162 g/mol. The number of fused-ring (bicyclic) bond motifs is 1. The smallest absolute Gasteiger partial charge is 0.151 e. The zero-order valence-electron chi connectivity index (χ0n) is 7.91. The quantitative estimate of drug-likeness (QED) is 0.757. The Hall–Kier alpha value is -1.51. The van der Waals surface area contributed by atoms with Crippen molar-refractivity contribution in [3.8, 4) is 0 Å². The SMILES string of the molecule is CCNc1nn2ccccc2c1C. The summed E-state index contributed by atoms with van der Waals surface area (Å²) in [5, 5.41) is 7.64. The second-order valence-corrected chi connectivity index (χ2v) is 3.03. The van der Waals surface area contributed by atoms with Gasteiger partial charge in [0.2, 0.25) is 0 Å². The van der Waals surface area contributed by atoms with Crippen LogP contribution in [0.15, 0.2) is 24.4 Å². The fraction of sp³-hybridized carbons (Fsp3) is 0.300. The minimum atomic E-state index is 0.907. The largest absolute Gasteiger partial charge is 0.369 e. The molecule has 0 fully saturated rings. The normalized spacial score (nSPS) is 10.6. The molecule has 2 rings (SSSR count). The number of aryl methyl sites for hydroxylation is 1. The average molecular weight is 175 g/mol. The molecule has 13 heavy (non-hydrogen) atoms. The third kappa shape index (κ3) is 1.26. The van der Waals surface area contributed by atoms with Gasteiger partial charge in [-0.05, 0) is 26.0 Å². The lowest BCUT2D eigenvalue weighted by Crippen LogP contribution is -1.98. The monoisotopic (exact) mass is 175 g/mol. The van der Waals surface area contributed by atoms with Gasteiger partial charge >= 0.3 is 0 Å². The van der Waals surface area contributed by atoms with Crippen molar-refractivity contribution in [3.63, 3.8) is 0 Å². The Balaban J connectivity index is 2.60. The van der Waals surface area contributed by atoms with Crippen LogP contribution < -0.4 is 5.32 Å². The van der Waals surface area contributed by atoms with Gasteiger partial charge in [0.25, 0.3) is 0 Å². The standard InChI is InChI=1S/C10H13N3/c1-3-11-10-8(2)9-6-4-5-7-13(9)12-10/h4-7H,3H2,1-2H3,(H,11,12). The van der Waals surface area contributed by atoms with E-state index >= 15 is 0 Å². The summed E-state index contributed by atoms with van der Waals surface area (Å²) in [5.41, 5.74) is 2.38. The molecule has 68 valence electrons. The van der Waals surface area contributed by atoms with Gasteiger partial charge in [-0.1, -0.05) is 6.07 Å². The third-order valence-corrected chi connectivity index (χ3v) is 2.13. The van der Waals surface area contributed by atoms with E-state index in [0.29, 0.717) is 0 Å². The van der Waals surface area contributed by atoms with E-state index in [1.807, 2.05) is 22.8 Å². The van der Waals surface area contributed by atoms with Crippen LogP contribution in [0.25, 0.3) is 5.52 Å². The van der Waals surface area contributed by atoms with E-state index in [-0.39, 0.29) is 0 Å². The molecule has 0 aromatic carbocycles. The van der Waals surface area contributed by atoms with Crippen molar-refractivity contribution in [2.45, 2.75) is 13.8 Å². The second kappa shape index (κ2) is 3.09. The molecule has 2 aromatic rings. The van der Waals surface area contributed by atoms with Crippen LogP contribution >= 0.6 is 0 Å². The maximum atomic E-state index is 4.41. The molecule has 0 unspecified atom stereocenters. The van der Waals surface area contributed by atoms with Crippen molar-refractivity contribution < 1.29 is 0 Å². The van der Waals surface area contributed by atoms with E-state index in [1.54, 1.807) is 0 Å². The lowest BCUT2D eigenvalue weighted by atomic mass is 10.3. The lowest BCUT2D eigenvalue weighted by Gasteiger charge is -1.96. The van der Waals surface area contributed by atoms with Crippen molar-refractivity contribution in [2.75, 3.05) is 11.9 Å². The van der Waals surface area contributed by atoms with Gasteiger partial charge in [-0.15, -0.1) is 0 Å². The Morgan fingerprint density at radius 1 is 1.46 bits per heavy atom. The lowest BCUT2D eigenvalue weighted by molar-refractivity contribution is 0.955. The van der Waals surface area contributed by atoms with Gasteiger partial charge in [-0.25, -0.2) is 4.52 Å². The fourth-order valence-electron chi connectivity index (χ4n) is 1.46. The summed E-state index contributed by atoms with van der Waals surface area (Å²) in [7, 11) is 0. The number of pyridine rings is 1. The first-order valence-corrected chi connectivity index (χ1v) is 4.50. The van der Waals surface area contributed by atoms with Crippen LogP contribution in [-0.4, -0.2) is 16.2 Å². The van der Waals surface area contributed by atoms with Crippen molar-refractivity contribution in [1.29, 1.82) is 0 Å². The molecule has 0 atom stereocenters. The van der Waals surface area contributed by atoms with Crippen molar-refractivity contribution in [1.82, 2.24) is 9.61 Å². The highest BCUT2D eigenvalue weighted by molar-refractivity contribution is 5.64. The molecule has 0 saturated heterocycles. The molecule has 0 aliphatic carbocycles. The van der Waals surface area contributed by atoms with Crippen LogP contribution in [0.3, 0.4) is 0 Å². The van der Waals surface area contributed by atoms with Gasteiger partial charge in [0.15, 0.2) is 5.82 Å². The molecule has 2 heterocycles. The van der Waals surface area contributed by atoms with Gasteiger partial charge in [0, 0.05) is 18.3 Å². The maximum absolute atomic E-state index is 4.41. The number of aromatic nitrogens is 2. The molecular formula is C10H13N3. The number of rotatable bonds is 2. The van der Waals surface area contributed by atoms with Crippen LogP contribution in [0.2, 0.25) is 0 Å². The van der Waals surface area contributed by atoms with Crippen LogP contribution in [0.4, 0.5) is 5.82 Å². The van der Waals surface area contributed by atoms with Gasteiger partial charge in [-0.2, -0.15) is 5.10 Å². The summed E-state index contributed by atoms with van der Waals surface area (Å²) in [6.45, 7) is 5.06. The van der Waals surface area contributed by atoms with Crippen LogP contribution in [0.1, 0.15) is 12.5 Å². The van der Waals surface area contributed by atoms with E-state index in [9.17, 15) is 0 Å². The van der Waals surface area contributed by atoms with Crippen LogP contribution in [-0.2, 0) is 0 Å². The molecule has 3 heteroatoms. The minimum absolute atomic E-state index is 0.907. The van der Waals surface area contributed by atoms with Crippen molar-refractivity contribution in [2.24, 2.45) is 0 Å². The minimum Gasteiger partial charge on any atom is -0.369 e. The van der Waals surface area contributed by atoms with Gasteiger partial charge in [0.05, 0.1) is 5.52 Å². The van der Waals surface area contributed by atoms with Crippen molar-refractivity contribution >= 4 is 11.3 Å². The van der Waals surface area contributed by atoms with E-state index in [0.717, 1.165) is 12.4 Å². The first kappa shape index (κ1) is 8.10. The van der Waals surface area contributed by atoms with E-state index in [2.05, 4.69) is 30.3 Å². The Kier molecular flexibility index (Phi) is 1.93. The molecule has 0 spiro atoms. The van der Waals surface area contributed by atoms with Crippen LogP contribution in [0.5, 0.6) is 0 Å². The van der Waals surface area contributed by atoms with Crippen LogP contribution in [0, 0.1) is 6.92 Å². The molecule has 0 aliphatic rings. The van der Waals surface area contributed by atoms with E-state index in [4.69, 9.17) is 0 Å². The first-order chi connectivity index (χ1) is 6.33. The third-order valence-electron chi connectivity index (χ3n) is 2.13. The maximum Gasteiger partial charge on any atom is 0.151 e. The summed E-state index contributed by atoms with van der Waals surface area (Å²) < 4.78 is 1.90. The highest BCUT2D eigenvalue weighted by atomic mass is 15.3. The Labute approximate surface area is 77.4 Å². The zero-order chi connectivity index (χ0) is 9.26. The average Bonchev–Trinajstić information content (AvgIpc) is 2.46. The van der Waals surface area contributed by atoms with E-state index in [1.165, 1.54) is 11.1 Å². The number of nitrogens with zero attached hydrogens (tertiary/aromatic N) is 2. The number of anilines is 1. The molecule has 0 amide bonds. The molecule has 1 N–H and O–H groups in total. The fourth-order valence-corrected chi connectivity index (χ4v) is 1.46. The summed E-state index contributed by atoms with van der Waals surface area (Å²) in [6, 6.07) is 6.08. The number of hydrogen-bond donors (Lipinski definition) is 1. The molecule has 3 nitrogen and oxygen atoms in total. The van der Waals surface area contributed by atoms with E-state index < -0.39 is 0 Å². The molecule has 0 bridgehead atoms. The second-order valence-electron chi connectivity index (χ2n) is 3.03. The molecule has 2 aromatic heterocycles. The molecule has 0 radical (unpaired) electrons. The van der Waals surface area contributed by atoms with Gasteiger partial charge in [0.1, 0.15) is 0 Å². The first-order valence-electron chi connectivity index (χ1n) is 4.50. The van der Waals surface area contributed by atoms with Gasteiger partial charge in [-0.3, -0.25) is 0 Å². The van der Waals surface area contributed by atoms with Gasteiger partial charge < -0.3 is 5.32 Å². The predicted octanol–water partition coefficient (Wildman–Crippen LogP) is 2.07. The summed E-state index contributed by atoms with van der Waals surface area (Å²) in [5.74, 6) is 0.980. The predicted molar refractivity (Wildman–Crippen MR) is 54.1 cm³/mol. The Morgan fingerprint density at radius 2 is 2.31 bits per heavy atom.